The van der Waals surface area contributed by atoms with Gasteiger partial charge in [0, 0.05) is 5.41 Å². The molecule has 0 spiro atoms. The van der Waals surface area contributed by atoms with Crippen LogP contribution in [0.5, 0.6) is 0 Å². The van der Waals surface area contributed by atoms with Crippen LogP contribution in [-0.2, 0) is 19.2 Å². The normalized spacial score (nSPS) is 21.2. The maximum atomic E-state index is 11.8. The maximum Gasteiger partial charge on any atom is 0.294 e. The van der Waals surface area contributed by atoms with E-state index in [0.717, 1.165) is 17.9 Å². The molecule has 24 heavy (non-hydrogen) atoms. The highest BCUT2D eigenvalue weighted by atomic mass is 79.9. The molecule has 2 heterocycles. The minimum Gasteiger partial charge on any atom is -1.00 e. The Kier molecular flexibility index (Phi) is 4.56. The molecule has 1 N–H and O–H groups in total. The molecule has 132 valence electrons. The second kappa shape index (κ2) is 5.70. The van der Waals surface area contributed by atoms with Gasteiger partial charge in [-0.3, -0.25) is 0 Å². The van der Waals surface area contributed by atoms with Gasteiger partial charge < -0.3 is 22.1 Å². The van der Waals surface area contributed by atoms with Gasteiger partial charge in [0.25, 0.3) is 5.82 Å². The number of hydrogen-bond acceptors (Lipinski definition) is 1. The molecule has 1 aliphatic heterocycles. The van der Waals surface area contributed by atoms with Crippen molar-refractivity contribution in [3.8, 4) is 0 Å². The van der Waals surface area contributed by atoms with Crippen LogP contribution in [0.15, 0.2) is 35.9 Å². The molecule has 0 bridgehead atoms. The number of benzene rings is 1. The second-order valence-electron chi connectivity index (χ2n) is 8.89. The predicted octanol–water partition coefficient (Wildman–Crippen LogP) is 0.690. The number of rotatable bonds is 0. The number of hydrogen-bond donors (Lipinski definition) is 1. The average Bonchev–Trinajstić information content (AvgIpc) is 2.71. The van der Waals surface area contributed by atoms with E-state index in [2.05, 4.69) is 88.1 Å². The first kappa shape index (κ1) is 19.2. The van der Waals surface area contributed by atoms with Crippen molar-refractivity contribution in [2.75, 3.05) is 0 Å². The van der Waals surface area contributed by atoms with E-state index in [1.807, 2.05) is 0 Å². The third-order valence-electron chi connectivity index (χ3n) is 5.27. The van der Waals surface area contributed by atoms with Gasteiger partial charge in [-0.1, -0.05) is 53.7 Å². The van der Waals surface area contributed by atoms with E-state index in [-0.39, 0.29) is 27.8 Å². The molecule has 1 unspecified atom stereocenters. The van der Waals surface area contributed by atoms with Gasteiger partial charge in [-0.05, 0) is 29.2 Å². The molecule has 0 amide bonds. The lowest BCUT2D eigenvalue weighted by Gasteiger charge is -2.40. The topological polar surface area (TPSA) is 29.0 Å². The van der Waals surface area contributed by atoms with E-state index in [1.54, 1.807) is 0 Å². The Morgan fingerprint density at radius 3 is 2.21 bits per heavy atom. The first-order valence-electron chi connectivity index (χ1n) is 8.39. The number of imidazole rings is 1. The van der Waals surface area contributed by atoms with Crippen molar-refractivity contribution in [3.63, 3.8) is 0 Å². The van der Waals surface area contributed by atoms with E-state index in [9.17, 15) is 5.11 Å². The van der Waals surface area contributed by atoms with Gasteiger partial charge >= 0.3 is 0 Å². The van der Waals surface area contributed by atoms with Crippen LogP contribution in [0, 0.1) is 10.8 Å². The van der Waals surface area contributed by atoms with Crippen LogP contribution in [0.3, 0.4) is 0 Å². The molecule has 0 aliphatic carbocycles. The van der Waals surface area contributed by atoms with Crippen LogP contribution >= 0.6 is 0 Å². The molecule has 1 atom stereocenters. The summed E-state index contributed by atoms with van der Waals surface area (Å²) < 4.78 is 4.44. The summed E-state index contributed by atoms with van der Waals surface area (Å²) in [6.07, 6.45) is 2.11. The fraction of sp³-hybridized carbons (Fsp3) is 0.550. The van der Waals surface area contributed by atoms with Crippen molar-refractivity contribution < 1.29 is 26.7 Å². The zero-order chi connectivity index (χ0) is 17.2. The molecule has 1 aliphatic rings. The summed E-state index contributed by atoms with van der Waals surface area (Å²) in [7, 11) is 2.06. The minimum atomic E-state index is -0.998. The van der Waals surface area contributed by atoms with Gasteiger partial charge in [0.1, 0.15) is 6.54 Å². The minimum absolute atomic E-state index is 0. The molecule has 4 heteroatoms. The van der Waals surface area contributed by atoms with E-state index in [0.29, 0.717) is 0 Å². The van der Waals surface area contributed by atoms with Gasteiger partial charge in [-0.2, -0.15) is 0 Å². The Morgan fingerprint density at radius 2 is 1.67 bits per heavy atom. The second-order valence-corrected chi connectivity index (χ2v) is 8.89. The monoisotopic (exact) mass is 392 g/mol. The number of fused-ring (bicyclic) bond motifs is 3. The molecular weight excluding hydrogens is 364 g/mol. The van der Waals surface area contributed by atoms with Crippen LogP contribution in [0.25, 0.3) is 11.0 Å². The van der Waals surface area contributed by atoms with E-state index in [1.165, 1.54) is 11.1 Å². The summed E-state index contributed by atoms with van der Waals surface area (Å²) >= 11 is 0. The number of allylic oxidation sites excluding steroid dienone is 1. The fourth-order valence-corrected chi connectivity index (χ4v) is 3.55. The first-order valence-corrected chi connectivity index (χ1v) is 8.39. The summed E-state index contributed by atoms with van der Waals surface area (Å²) in [6.45, 7) is 13.8. The number of aliphatic hydroxyl groups is 1. The number of aromatic nitrogens is 2. The van der Waals surface area contributed by atoms with E-state index < -0.39 is 5.60 Å². The molecular formula is C20H29BrN2O. The van der Waals surface area contributed by atoms with Crippen LogP contribution in [0.1, 0.15) is 47.4 Å². The number of aryl methyl sites for hydroxylation is 1. The third kappa shape index (κ3) is 2.64. The quantitative estimate of drug-likeness (QED) is 0.518. The fourth-order valence-electron chi connectivity index (χ4n) is 3.55. The van der Waals surface area contributed by atoms with E-state index in [4.69, 9.17) is 0 Å². The van der Waals surface area contributed by atoms with Crippen LogP contribution < -0.4 is 21.5 Å². The lowest BCUT2D eigenvalue weighted by molar-refractivity contribution is -0.662. The maximum absolute atomic E-state index is 11.8. The van der Waals surface area contributed by atoms with Crippen LogP contribution in [-0.4, -0.2) is 9.67 Å². The van der Waals surface area contributed by atoms with Crippen molar-refractivity contribution in [2.24, 2.45) is 17.9 Å². The highest BCUT2D eigenvalue weighted by Gasteiger charge is 2.52. The Labute approximate surface area is 155 Å². The number of halogens is 1. The molecule has 0 saturated heterocycles. The Hall–Kier alpha value is -1.13. The average molecular weight is 393 g/mol. The largest absolute Gasteiger partial charge is 1.00 e. The van der Waals surface area contributed by atoms with Crippen molar-refractivity contribution in [3.05, 3.63) is 41.7 Å². The van der Waals surface area contributed by atoms with E-state index >= 15 is 0 Å². The summed E-state index contributed by atoms with van der Waals surface area (Å²) in [5, 5.41) is 11.8. The van der Waals surface area contributed by atoms with Crippen molar-refractivity contribution in [1.29, 1.82) is 0 Å². The smallest absolute Gasteiger partial charge is 0.294 e. The zero-order valence-electron chi connectivity index (χ0n) is 15.8. The van der Waals surface area contributed by atoms with Crippen molar-refractivity contribution >= 4 is 11.0 Å². The Balaban J connectivity index is 0.00000208. The van der Waals surface area contributed by atoms with Crippen LogP contribution in [0.2, 0.25) is 0 Å². The van der Waals surface area contributed by atoms with Crippen molar-refractivity contribution in [2.45, 2.75) is 53.7 Å². The Bertz CT molecular complexity index is 805. The van der Waals surface area contributed by atoms with Gasteiger partial charge in [0.15, 0.2) is 16.6 Å². The van der Waals surface area contributed by atoms with Crippen molar-refractivity contribution in [1.82, 2.24) is 4.57 Å². The van der Waals surface area contributed by atoms with Gasteiger partial charge in [-0.15, -0.1) is 0 Å². The molecule has 2 aromatic rings. The molecule has 1 aromatic heterocycles. The van der Waals surface area contributed by atoms with Gasteiger partial charge in [-0.25, -0.2) is 9.13 Å². The molecule has 1 aromatic carbocycles. The predicted molar refractivity (Wildman–Crippen MR) is 94.0 cm³/mol. The summed E-state index contributed by atoms with van der Waals surface area (Å²) in [4.78, 5) is 0. The lowest BCUT2D eigenvalue weighted by Crippen LogP contribution is -3.00. The Morgan fingerprint density at radius 1 is 1.08 bits per heavy atom. The summed E-state index contributed by atoms with van der Waals surface area (Å²) in [5.74, 6) is 0.971. The SMILES string of the molecule is C[n+]1c2n(c3ccccc31)CC(C(C)(C)C)=CC2(O)C(C)(C)C.[Br-]. The number of nitrogens with zero attached hydrogens (tertiary/aromatic N) is 2. The van der Waals surface area contributed by atoms with Gasteiger partial charge in [0.2, 0.25) is 0 Å². The highest BCUT2D eigenvalue weighted by Crippen LogP contribution is 2.46. The number of para-hydroxylation sites is 2. The molecule has 0 radical (unpaired) electrons. The molecule has 3 rings (SSSR count). The highest BCUT2D eigenvalue weighted by molar-refractivity contribution is 5.73. The zero-order valence-corrected chi connectivity index (χ0v) is 17.4. The first-order chi connectivity index (χ1) is 10.5. The molecule has 0 saturated carbocycles. The van der Waals surface area contributed by atoms with Crippen LogP contribution in [0.4, 0.5) is 0 Å². The lowest BCUT2D eigenvalue weighted by atomic mass is 9.70. The molecule has 0 fully saturated rings. The summed E-state index contributed by atoms with van der Waals surface area (Å²) in [6, 6.07) is 8.40. The molecule has 3 nitrogen and oxygen atoms in total. The standard InChI is InChI=1S/C20H29N2O.BrH/c1-18(2,3)14-12-20(23,19(4,5)6)17-21(7)15-10-8-9-11-16(15)22(17)13-14;/h8-12,23H,13H2,1-7H3;1H/q+1;/p-1. The third-order valence-corrected chi connectivity index (χ3v) is 5.27. The summed E-state index contributed by atoms with van der Waals surface area (Å²) in [5.41, 5.74) is 2.36. The van der Waals surface area contributed by atoms with Gasteiger partial charge in [0.05, 0.1) is 7.05 Å².